The fraction of sp³-hybridized carbons (Fsp3) is 0. The fourth-order valence-corrected chi connectivity index (χ4v) is 1.34. The van der Waals surface area contributed by atoms with Crippen molar-refractivity contribution in [2.24, 2.45) is 0 Å². The molecule has 0 aliphatic carbocycles. The van der Waals surface area contributed by atoms with Crippen LogP contribution in [0.5, 0.6) is 11.6 Å². The molecule has 2 aromatic rings. The standard InChI is InChI=1S/C13H8N2O3/c14-8-9-3-1-4-10(7-9)18-12-6-2-5-11(15-12)13(16)17/h1-7H,(H,16,17). The molecular formula is C13H8N2O3. The first-order valence-electron chi connectivity index (χ1n) is 5.07. The van der Waals surface area contributed by atoms with E-state index in [2.05, 4.69) is 4.98 Å². The fourth-order valence-electron chi connectivity index (χ4n) is 1.34. The molecule has 88 valence electrons. The highest BCUT2D eigenvalue weighted by atomic mass is 16.5. The second kappa shape index (κ2) is 4.97. The van der Waals surface area contributed by atoms with Gasteiger partial charge in [0.05, 0.1) is 11.6 Å². The van der Waals surface area contributed by atoms with Gasteiger partial charge in [0.2, 0.25) is 5.88 Å². The molecular weight excluding hydrogens is 232 g/mol. The molecule has 0 unspecified atom stereocenters. The molecule has 0 spiro atoms. The number of carboxylic acids is 1. The highest BCUT2D eigenvalue weighted by Crippen LogP contribution is 2.20. The third-order valence-corrected chi connectivity index (χ3v) is 2.13. The van der Waals surface area contributed by atoms with Crippen LogP contribution in [0.25, 0.3) is 0 Å². The Bertz CT molecular complexity index is 632. The highest BCUT2D eigenvalue weighted by molar-refractivity contribution is 5.85. The lowest BCUT2D eigenvalue weighted by molar-refractivity contribution is 0.0689. The zero-order valence-corrected chi connectivity index (χ0v) is 9.20. The van der Waals surface area contributed by atoms with Crippen LogP contribution in [-0.4, -0.2) is 16.1 Å². The summed E-state index contributed by atoms with van der Waals surface area (Å²) in [4.78, 5) is 14.6. The van der Waals surface area contributed by atoms with Crippen LogP contribution in [0.1, 0.15) is 16.1 Å². The second-order valence-electron chi connectivity index (χ2n) is 3.41. The van der Waals surface area contributed by atoms with Gasteiger partial charge in [0, 0.05) is 6.07 Å². The molecule has 1 heterocycles. The molecule has 18 heavy (non-hydrogen) atoms. The van der Waals surface area contributed by atoms with Gasteiger partial charge in [0.1, 0.15) is 5.75 Å². The van der Waals surface area contributed by atoms with Gasteiger partial charge >= 0.3 is 5.97 Å². The topological polar surface area (TPSA) is 83.2 Å². The van der Waals surface area contributed by atoms with E-state index in [9.17, 15) is 4.79 Å². The quantitative estimate of drug-likeness (QED) is 0.890. The van der Waals surface area contributed by atoms with Crippen LogP contribution < -0.4 is 4.74 Å². The van der Waals surface area contributed by atoms with Crippen molar-refractivity contribution in [2.45, 2.75) is 0 Å². The summed E-state index contributed by atoms with van der Waals surface area (Å²) in [6.07, 6.45) is 0. The molecule has 0 radical (unpaired) electrons. The lowest BCUT2D eigenvalue weighted by atomic mass is 10.2. The van der Waals surface area contributed by atoms with Gasteiger partial charge in [-0.05, 0) is 24.3 Å². The smallest absolute Gasteiger partial charge is 0.354 e. The minimum absolute atomic E-state index is 0.0936. The molecule has 5 heteroatoms. The summed E-state index contributed by atoms with van der Waals surface area (Å²) in [5.41, 5.74) is 0.367. The molecule has 5 nitrogen and oxygen atoms in total. The predicted octanol–water partition coefficient (Wildman–Crippen LogP) is 2.44. The Kier molecular flexibility index (Phi) is 3.21. The monoisotopic (exact) mass is 240 g/mol. The van der Waals surface area contributed by atoms with Crippen molar-refractivity contribution in [1.82, 2.24) is 4.98 Å². The number of aromatic nitrogens is 1. The third-order valence-electron chi connectivity index (χ3n) is 2.13. The number of nitriles is 1. The zero-order valence-electron chi connectivity index (χ0n) is 9.20. The minimum Gasteiger partial charge on any atom is -0.477 e. The van der Waals surface area contributed by atoms with E-state index in [1.165, 1.54) is 6.07 Å². The molecule has 0 amide bonds. The summed E-state index contributed by atoms with van der Waals surface area (Å²) >= 11 is 0. The molecule has 0 aliphatic heterocycles. The van der Waals surface area contributed by atoms with Crippen molar-refractivity contribution in [2.75, 3.05) is 0 Å². The van der Waals surface area contributed by atoms with Gasteiger partial charge in [-0.2, -0.15) is 5.26 Å². The minimum atomic E-state index is -1.12. The van der Waals surface area contributed by atoms with Crippen LogP contribution in [0.3, 0.4) is 0 Å². The number of pyridine rings is 1. The van der Waals surface area contributed by atoms with Gasteiger partial charge in [-0.15, -0.1) is 0 Å². The van der Waals surface area contributed by atoms with E-state index in [1.807, 2.05) is 6.07 Å². The number of hydrogen-bond donors (Lipinski definition) is 1. The molecule has 1 aromatic carbocycles. The average Bonchev–Trinajstić information content (AvgIpc) is 2.39. The number of carbonyl (C=O) groups is 1. The van der Waals surface area contributed by atoms with E-state index in [1.54, 1.807) is 36.4 Å². The zero-order chi connectivity index (χ0) is 13.0. The maximum Gasteiger partial charge on any atom is 0.354 e. The molecule has 1 aromatic heterocycles. The summed E-state index contributed by atoms with van der Waals surface area (Å²) in [5, 5.41) is 17.5. The van der Waals surface area contributed by atoms with Gasteiger partial charge in [0.15, 0.2) is 5.69 Å². The number of ether oxygens (including phenoxy) is 1. The first-order chi connectivity index (χ1) is 8.69. The summed E-state index contributed by atoms with van der Waals surface area (Å²) < 4.78 is 5.39. The van der Waals surface area contributed by atoms with E-state index < -0.39 is 5.97 Å². The SMILES string of the molecule is N#Cc1cccc(Oc2cccc(C(=O)O)n2)c1. The highest BCUT2D eigenvalue weighted by Gasteiger charge is 2.06. The average molecular weight is 240 g/mol. The van der Waals surface area contributed by atoms with Crippen LogP contribution >= 0.6 is 0 Å². The summed E-state index contributed by atoms with van der Waals surface area (Å²) in [7, 11) is 0. The molecule has 0 fully saturated rings. The van der Waals surface area contributed by atoms with E-state index in [0.717, 1.165) is 0 Å². The Morgan fingerprint density at radius 2 is 2.06 bits per heavy atom. The number of benzene rings is 1. The van der Waals surface area contributed by atoms with E-state index in [4.69, 9.17) is 15.1 Å². The lowest BCUT2D eigenvalue weighted by Crippen LogP contribution is -2.00. The van der Waals surface area contributed by atoms with Crippen molar-refractivity contribution >= 4 is 5.97 Å². The maximum atomic E-state index is 10.7. The van der Waals surface area contributed by atoms with Crippen LogP contribution in [0.15, 0.2) is 42.5 Å². The first kappa shape index (κ1) is 11.6. The van der Waals surface area contributed by atoms with Crippen molar-refractivity contribution in [3.8, 4) is 17.7 Å². The Morgan fingerprint density at radius 1 is 1.28 bits per heavy atom. The Balaban J connectivity index is 2.26. The Hall–Kier alpha value is -2.87. The maximum absolute atomic E-state index is 10.7. The number of nitrogens with zero attached hydrogens (tertiary/aromatic N) is 2. The normalized spacial score (nSPS) is 9.50. The largest absolute Gasteiger partial charge is 0.477 e. The molecule has 0 saturated heterocycles. The molecule has 0 atom stereocenters. The summed E-state index contributed by atoms with van der Waals surface area (Å²) in [6, 6.07) is 13.0. The van der Waals surface area contributed by atoms with Crippen molar-refractivity contribution in [1.29, 1.82) is 5.26 Å². The van der Waals surface area contributed by atoms with Crippen molar-refractivity contribution in [3.05, 3.63) is 53.7 Å². The van der Waals surface area contributed by atoms with Crippen LogP contribution in [0, 0.1) is 11.3 Å². The van der Waals surface area contributed by atoms with E-state index >= 15 is 0 Å². The lowest BCUT2D eigenvalue weighted by Gasteiger charge is -2.05. The van der Waals surface area contributed by atoms with E-state index in [-0.39, 0.29) is 11.6 Å². The Morgan fingerprint density at radius 3 is 2.78 bits per heavy atom. The van der Waals surface area contributed by atoms with Crippen LogP contribution in [0.4, 0.5) is 0 Å². The third kappa shape index (κ3) is 2.62. The van der Waals surface area contributed by atoms with Gasteiger partial charge in [-0.1, -0.05) is 12.1 Å². The van der Waals surface area contributed by atoms with Gasteiger partial charge in [0.25, 0.3) is 0 Å². The molecule has 0 aliphatic rings. The number of carboxylic acid groups (broad SMARTS) is 1. The summed E-state index contributed by atoms with van der Waals surface area (Å²) in [6.45, 7) is 0. The predicted molar refractivity (Wildman–Crippen MR) is 62.4 cm³/mol. The summed E-state index contributed by atoms with van der Waals surface area (Å²) in [5.74, 6) is -0.514. The van der Waals surface area contributed by atoms with Crippen LogP contribution in [-0.2, 0) is 0 Å². The van der Waals surface area contributed by atoms with E-state index in [0.29, 0.717) is 11.3 Å². The van der Waals surface area contributed by atoms with Crippen LogP contribution in [0.2, 0.25) is 0 Å². The van der Waals surface area contributed by atoms with Crippen molar-refractivity contribution in [3.63, 3.8) is 0 Å². The molecule has 0 bridgehead atoms. The second-order valence-corrected chi connectivity index (χ2v) is 3.41. The molecule has 2 rings (SSSR count). The molecule has 0 saturated carbocycles. The van der Waals surface area contributed by atoms with Crippen molar-refractivity contribution < 1.29 is 14.6 Å². The van der Waals surface area contributed by atoms with Gasteiger partial charge in [-0.3, -0.25) is 0 Å². The number of hydrogen-bond acceptors (Lipinski definition) is 4. The Labute approximate surface area is 103 Å². The first-order valence-corrected chi connectivity index (χ1v) is 5.07. The van der Waals surface area contributed by atoms with Gasteiger partial charge < -0.3 is 9.84 Å². The number of rotatable bonds is 3. The number of aromatic carboxylic acids is 1. The molecule has 1 N–H and O–H groups in total. The van der Waals surface area contributed by atoms with Gasteiger partial charge in [-0.25, -0.2) is 9.78 Å².